The van der Waals surface area contributed by atoms with E-state index in [0.29, 0.717) is 20.9 Å². The van der Waals surface area contributed by atoms with Crippen molar-refractivity contribution < 1.29 is 28.2 Å². The van der Waals surface area contributed by atoms with Gasteiger partial charge in [0.15, 0.2) is 5.76 Å². The molecule has 0 atom stereocenters. The average Bonchev–Trinajstić information content (AvgIpc) is 3.23. The van der Waals surface area contributed by atoms with E-state index in [1.165, 1.54) is 43.7 Å². The lowest BCUT2D eigenvalue weighted by atomic mass is 10.1. The molecular weight excluding hydrogens is 347 g/mol. The van der Waals surface area contributed by atoms with Gasteiger partial charge >= 0.3 is 5.97 Å². The maximum Gasteiger partial charge on any atom is 0.307 e. The van der Waals surface area contributed by atoms with Crippen LogP contribution in [0.1, 0.15) is 21.0 Å². The number of carboxylic acids is 1. The van der Waals surface area contributed by atoms with Crippen molar-refractivity contribution in [1.29, 1.82) is 0 Å². The Bertz CT molecular complexity index is 927. The molecule has 0 fully saturated rings. The molecule has 0 bridgehead atoms. The first-order chi connectivity index (χ1) is 12.0. The largest absolute Gasteiger partial charge is 0.496 e. The van der Waals surface area contributed by atoms with Crippen LogP contribution < -0.4 is 4.74 Å². The van der Waals surface area contributed by atoms with Gasteiger partial charge in [-0.3, -0.25) is 9.59 Å². The molecule has 0 saturated heterocycles. The fourth-order valence-corrected chi connectivity index (χ4v) is 3.60. The SMILES string of the molecule is COc1cc(F)ccc1-c1sc(C(=O)c2ccco2)cc1CC(=O)O. The zero-order valence-corrected chi connectivity index (χ0v) is 13.9. The lowest BCUT2D eigenvalue weighted by Gasteiger charge is -2.08. The summed E-state index contributed by atoms with van der Waals surface area (Å²) in [5, 5.41) is 9.15. The topological polar surface area (TPSA) is 76.7 Å². The van der Waals surface area contributed by atoms with Gasteiger partial charge in [0.05, 0.1) is 24.7 Å². The molecule has 3 rings (SSSR count). The Morgan fingerprint density at radius 3 is 2.72 bits per heavy atom. The van der Waals surface area contributed by atoms with Crippen LogP contribution in [0.15, 0.2) is 47.1 Å². The van der Waals surface area contributed by atoms with Gasteiger partial charge in [-0.25, -0.2) is 4.39 Å². The number of carbonyl (C=O) groups excluding carboxylic acids is 1. The van der Waals surface area contributed by atoms with Crippen molar-refractivity contribution in [2.45, 2.75) is 6.42 Å². The highest BCUT2D eigenvalue weighted by Crippen LogP contribution is 2.39. The highest BCUT2D eigenvalue weighted by molar-refractivity contribution is 7.17. The van der Waals surface area contributed by atoms with Crippen LogP contribution in [0.3, 0.4) is 0 Å². The highest BCUT2D eigenvalue weighted by Gasteiger charge is 2.22. The normalized spacial score (nSPS) is 10.6. The highest BCUT2D eigenvalue weighted by atomic mass is 32.1. The summed E-state index contributed by atoms with van der Waals surface area (Å²) in [7, 11) is 1.40. The first-order valence-corrected chi connectivity index (χ1v) is 8.08. The second kappa shape index (κ2) is 6.90. The lowest BCUT2D eigenvalue weighted by Crippen LogP contribution is -2.01. The summed E-state index contributed by atoms with van der Waals surface area (Å²) in [5.74, 6) is -1.40. The van der Waals surface area contributed by atoms with Gasteiger partial charge in [0.2, 0.25) is 5.78 Å². The monoisotopic (exact) mass is 360 g/mol. The Kier molecular flexibility index (Phi) is 4.67. The fourth-order valence-electron chi connectivity index (χ4n) is 2.44. The summed E-state index contributed by atoms with van der Waals surface area (Å²) in [6.45, 7) is 0. The van der Waals surface area contributed by atoms with Gasteiger partial charge < -0.3 is 14.3 Å². The molecule has 1 aromatic carbocycles. The van der Waals surface area contributed by atoms with Crippen LogP contribution in [0.25, 0.3) is 10.4 Å². The number of ether oxygens (including phenoxy) is 1. The third-order valence-electron chi connectivity index (χ3n) is 3.53. The zero-order chi connectivity index (χ0) is 18.0. The summed E-state index contributed by atoms with van der Waals surface area (Å²) in [6.07, 6.45) is 1.13. The third-order valence-corrected chi connectivity index (χ3v) is 4.74. The lowest BCUT2D eigenvalue weighted by molar-refractivity contribution is -0.136. The molecule has 1 N–H and O–H groups in total. The minimum atomic E-state index is -1.03. The number of hydrogen-bond donors (Lipinski definition) is 1. The molecule has 0 spiro atoms. The number of benzene rings is 1. The first-order valence-electron chi connectivity index (χ1n) is 7.26. The third kappa shape index (κ3) is 3.46. The molecule has 0 saturated carbocycles. The first kappa shape index (κ1) is 16.9. The number of furan rings is 1. The summed E-state index contributed by atoms with van der Waals surface area (Å²) in [4.78, 5) is 24.5. The van der Waals surface area contributed by atoms with Crippen molar-refractivity contribution >= 4 is 23.1 Å². The van der Waals surface area contributed by atoms with Crippen LogP contribution in [0.4, 0.5) is 4.39 Å². The number of hydrogen-bond acceptors (Lipinski definition) is 5. The van der Waals surface area contributed by atoms with Crippen molar-refractivity contribution in [3.05, 3.63) is 64.7 Å². The molecule has 0 aliphatic rings. The molecule has 2 aromatic heterocycles. The van der Waals surface area contributed by atoms with E-state index in [4.69, 9.17) is 14.3 Å². The number of halogens is 1. The number of aliphatic carboxylic acids is 1. The van der Waals surface area contributed by atoms with E-state index in [1.807, 2.05) is 0 Å². The van der Waals surface area contributed by atoms with Crippen LogP contribution in [0.2, 0.25) is 0 Å². The number of thiophene rings is 1. The van der Waals surface area contributed by atoms with E-state index >= 15 is 0 Å². The number of carbonyl (C=O) groups is 2. The molecule has 2 heterocycles. The molecular formula is C18H13FO5S. The molecule has 0 unspecified atom stereocenters. The maximum absolute atomic E-state index is 13.4. The molecule has 0 aliphatic heterocycles. The van der Waals surface area contributed by atoms with Crippen molar-refractivity contribution in [2.24, 2.45) is 0 Å². The Morgan fingerprint density at radius 1 is 1.28 bits per heavy atom. The number of carboxylic acid groups (broad SMARTS) is 1. The Morgan fingerprint density at radius 2 is 2.08 bits per heavy atom. The van der Waals surface area contributed by atoms with Crippen molar-refractivity contribution in [3.63, 3.8) is 0 Å². The molecule has 0 aliphatic carbocycles. The Labute approximate surface area is 146 Å². The van der Waals surface area contributed by atoms with Gasteiger partial charge in [0.25, 0.3) is 0 Å². The second-order valence-electron chi connectivity index (χ2n) is 5.19. The van der Waals surface area contributed by atoms with Gasteiger partial charge in [-0.15, -0.1) is 11.3 Å². The molecule has 5 nitrogen and oxygen atoms in total. The molecule has 25 heavy (non-hydrogen) atoms. The minimum absolute atomic E-state index is 0.167. The van der Waals surface area contributed by atoms with E-state index in [2.05, 4.69) is 0 Å². The standard InChI is InChI=1S/C18H13FO5S/c1-23-14-9-11(19)4-5-12(14)18-10(8-16(20)21)7-15(25-18)17(22)13-3-2-6-24-13/h2-7,9H,8H2,1H3,(H,20,21). The average molecular weight is 360 g/mol. The molecule has 0 radical (unpaired) electrons. The molecule has 0 amide bonds. The van der Waals surface area contributed by atoms with Gasteiger partial charge in [-0.1, -0.05) is 0 Å². The van der Waals surface area contributed by atoms with E-state index < -0.39 is 11.8 Å². The van der Waals surface area contributed by atoms with E-state index in [9.17, 15) is 14.0 Å². The molecule has 3 aromatic rings. The van der Waals surface area contributed by atoms with Crippen LogP contribution >= 0.6 is 11.3 Å². The van der Waals surface area contributed by atoms with Gasteiger partial charge in [-0.2, -0.15) is 0 Å². The fraction of sp³-hybridized carbons (Fsp3) is 0.111. The van der Waals surface area contributed by atoms with Crippen molar-refractivity contribution in [3.8, 4) is 16.2 Å². The van der Waals surface area contributed by atoms with Crippen molar-refractivity contribution in [2.75, 3.05) is 7.11 Å². The van der Waals surface area contributed by atoms with Gasteiger partial charge in [0, 0.05) is 16.5 Å². The zero-order valence-electron chi connectivity index (χ0n) is 13.1. The smallest absolute Gasteiger partial charge is 0.307 e. The van der Waals surface area contributed by atoms with E-state index in [1.54, 1.807) is 6.07 Å². The second-order valence-corrected chi connectivity index (χ2v) is 6.24. The van der Waals surface area contributed by atoms with Crippen LogP contribution in [0.5, 0.6) is 5.75 Å². The van der Waals surface area contributed by atoms with Gasteiger partial charge in [-0.05, 0) is 35.9 Å². The Hall–Kier alpha value is -2.93. The Balaban J connectivity index is 2.12. The van der Waals surface area contributed by atoms with Crippen LogP contribution in [0, 0.1) is 5.82 Å². The van der Waals surface area contributed by atoms with E-state index in [0.717, 1.165) is 11.3 Å². The summed E-state index contributed by atoms with van der Waals surface area (Å²) < 4.78 is 23.8. The number of rotatable bonds is 6. The van der Waals surface area contributed by atoms with Crippen LogP contribution in [-0.4, -0.2) is 24.0 Å². The molecule has 7 heteroatoms. The number of ketones is 1. The summed E-state index contributed by atoms with van der Waals surface area (Å²) >= 11 is 1.12. The summed E-state index contributed by atoms with van der Waals surface area (Å²) in [5.41, 5.74) is 0.987. The predicted octanol–water partition coefficient (Wildman–Crippen LogP) is 4.01. The maximum atomic E-state index is 13.4. The predicted molar refractivity (Wildman–Crippen MR) is 89.7 cm³/mol. The molecule has 128 valence electrons. The van der Waals surface area contributed by atoms with Crippen molar-refractivity contribution in [1.82, 2.24) is 0 Å². The van der Waals surface area contributed by atoms with Gasteiger partial charge in [0.1, 0.15) is 11.6 Å². The minimum Gasteiger partial charge on any atom is -0.496 e. The van der Waals surface area contributed by atoms with Crippen LogP contribution in [-0.2, 0) is 11.2 Å². The quantitative estimate of drug-likeness (QED) is 0.672. The van der Waals surface area contributed by atoms with E-state index in [-0.39, 0.29) is 23.7 Å². The summed E-state index contributed by atoms with van der Waals surface area (Å²) in [6, 6.07) is 8.65. The number of methoxy groups -OCH3 is 1.